The summed E-state index contributed by atoms with van der Waals surface area (Å²) in [5, 5.41) is 4.20. The zero-order valence-electron chi connectivity index (χ0n) is 21.0. The van der Waals surface area contributed by atoms with Crippen molar-refractivity contribution < 1.29 is 14.3 Å². The van der Waals surface area contributed by atoms with Gasteiger partial charge in [-0.1, -0.05) is 84.6 Å². The van der Waals surface area contributed by atoms with E-state index in [1.807, 2.05) is 60.7 Å². The lowest BCUT2D eigenvalue weighted by Crippen LogP contribution is -2.52. The van der Waals surface area contributed by atoms with Crippen LogP contribution >= 0.6 is 23.2 Å². The number of hydrogen-bond donors (Lipinski definition) is 1. The quantitative estimate of drug-likeness (QED) is 0.332. The third kappa shape index (κ3) is 7.50. The molecule has 0 aromatic heterocycles. The third-order valence-corrected chi connectivity index (χ3v) is 7.43. The minimum atomic E-state index is -0.694. The number of benzene rings is 3. The third-order valence-electron chi connectivity index (χ3n) is 6.84. The highest BCUT2D eigenvalue weighted by atomic mass is 35.5. The van der Waals surface area contributed by atoms with Gasteiger partial charge in [0.05, 0.1) is 13.5 Å². The lowest BCUT2D eigenvalue weighted by Gasteiger charge is -2.32. The maximum absolute atomic E-state index is 13.9. The van der Waals surface area contributed by atoms with Crippen molar-refractivity contribution in [3.8, 4) is 5.75 Å². The average Bonchev–Trinajstić information content (AvgIpc) is 3.41. The maximum atomic E-state index is 13.9. The highest BCUT2D eigenvalue weighted by molar-refractivity contribution is 6.35. The SMILES string of the molecule is COc1ccc(CC(=O)N(Cc2ccc(Cl)cc2Cl)[C@H](Cc2ccccc2)C(=O)NC2CCCC2)cc1. The van der Waals surface area contributed by atoms with Gasteiger partial charge in [0.2, 0.25) is 11.8 Å². The Morgan fingerprint density at radius 3 is 2.32 bits per heavy atom. The topological polar surface area (TPSA) is 58.6 Å². The Bertz CT molecular complexity index is 1200. The first-order valence-electron chi connectivity index (χ1n) is 12.6. The van der Waals surface area contributed by atoms with Crippen LogP contribution in [0.3, 0.4) is 0 Å². The van der Waals surface area contributed by atoms with E-state index in [1.165, 1.54) is 0 Å². The Hall–Kier alpha value is -3.02. The standard InChI is InChI=1S/C30H32Cl2N2O3/c1-37-26-15-11-22(12-16-26)18-29(35)34(20-23-13-14-24(31)19-27(23)32)28(17-21-7-3-2-4-8-21)30(36)33-25-9-5-6-10-25/h2-4,7-8,11-16,19,25,28H,5-6,9-10,17-18,20H2,1H3,(H,33,36)/t28-/m1/s1. The van der Waals surface area contributed by atoms with Gasteiger partial charge < -0.3 is 15.0 Å². The lowest BCUT2D eigenvalue weighted by molar-refractivity contribution is -0.141. The van der Waals surface area contributed by atoms with E-state index in [1.54, 1.807) is 24.1 Å². The molecule has 0 bridgehead atoms. The molecule has 0 aliphatic heterocycles. The summed E-state index contributed by atoms with van der Waals surface area (Å²) in [4.78, 5) is 29.3. The molecule has 0 radical (unpaired) electrons. The van der Waals surface area contributed by atoms with Crippen LogP contribution in [0.25, 0.3) is 0 Å². The summed E-state index contributed by atoms with van der Waals surface area (Å²) in [6, 6.07) is 21.9. The highest BCUT2D eigenvalue weighted by Crippen LogP contribution is 2.25. The monoisotopic (exact) mass is 538 g/mol. The number of ether oxygens (including phenoxy) is 1. The smallest absolute Gasteiger partial charge is 0.243 e. The number of hydrogen-bond acceptors (Lipinski definition) is 3. The van der Waals surface area contributed by atoms with Gasteiger partial charge in [0.15, 0.2) is 0 Å². The van der Waals surface area contributed by atoms with Crippen molar-refractivity contribution in [1.29, 1.82) is 0 Å². The van der Waals surface area contributed by atoms with Crippen LogP contribution in [0.5, 0.6) is 5.75 Å². The van der Waals surface area contributed by atoms with Crippen molar-refractivity contribution in [2.75, 3.05) is 7.11 Å². The number of methoxy groups -OCH3 is 1. The predicted octanol–water partition coefficient (Wildman–Crippen LogP) is 6.24. The van der Waals surface area contributed by atoms with Gasteiger partial charge in [0, 0.05) is 29.1 Å². The van der Waals surface area contributed by atoms with Gasteiger partial charge in [-0.3, -0.25) is 9.59 Å². The van der Waals surface area contributed by atoms with Crippen molar-refractivity contribution in [1.82, 2.24) is 10.2 Å². The molecule has 0 heterocycles. The van der Waals surface area contributed by atoms with E-state index in [4.69, 9.17) is 27.9 Å². The van der Waals surface area contributed by atoms with Gasteiger partial charge in [0.1, 0.15) is 11.8 Å². The number of halogens is 2. The zero-order valence-corrected chi connectivity index (χ0v) is 22.5. The van der Waals surface area contributed by atoms with E-state index < -0.39 is 6.04 Å². The van der Waals surface area contributed by atoms with Crippen molar-refractivity contribution >= 4 is 35.0 Å². The van der Waals surface area contributed by atoms with Crippen LogP contribution in [-0.4, -0.2) is 35.9 Å². The molecule has 1 N–H and O–H groups in total. The second-order valence-electron chi connectivity index (χ2n) is 9.48. The number of amides is 2. The molecule has 1 fully saturated rings. The van der Waals surface area contributed by atoms with Crippen molar-refractivity contribution in [2.24, 2.45) is 0 Å². The fourth-order valence-corrected chi connectivity index (χ4v) is 5.24. The molecule has 37 heavy (non-hydrogen) atoms. The Kier molecular flexibility index (Phi) is 9.48. The zero-order chi connectivity index (χ0) is 26.2. The van der Waals surface area contributed by atoms with Gasteiger partial charge in [-0.05, 0) is 53.8 Å². The number of rotatable bonds is 10. The molecule has 1 aliphatic rings. The fraction of sp³-hybridized carbons (Fsp3) is 0.333. The summed E-state index contributed by atoms with van der Waals surface area (Å²) in [5.74, 6) is 0.432. The van der Waals surface area contributed by atoms with Crippen LogP contribution in [0.4, 0.5) is 0 Å². The van der Waals surface area contributed by atoms with E-state index in [9.17, 15) is 9.59 Å². The van der Waals surface area contributed by atoms with Gasteiger partial charge in [-0.2, -0.15) is 0 Å². The van der Waals surface area contributed by atoms with Gasteiger partial charge >= 0.3 is 0 Å². The van der Waals surface area contributed by atoms with Crippen LogP contribution in [0.15, 0.2) is 72.8 Å². The summed E-state index contributed by atoms with van der Waals surface area (Å²) < 4.78 is 5.25. The molecule has 7 heteroatoms. The number of carbonyl (C=O) groups excluding carboxylic acids is 2. The predicted molar refractivity (Wildman–Crippen MR) is 148 cm³/mol. The van der Waals surface area contributed by atoms with Crippen LogP contribution in [0.2, 0.25) is 10.0 Å². The van der Waals surface area contributed by atoms with Crippen LogP contribution in [0.1, 0.15) is 42.4 Å². The molecule has 2 amide bonds. The van der Waals surface area contributed by atoms with Gasteiger partial charge in [-0.15, -0.1) is 0 Å². The Morgan fingerprint density at radius 1 is 0.973 bits per heavy atom. The van der Waals surface area contributed by atoms with Crippen LogP contribution in [0, 0.1) is 0 Å². The van der Waals surface area contributed by atoms with Crippen LogP contribution < -0.4 is 10.1 Å². The van der Waals surface area contributed by atoms with E-state index in [0.717, 1.165) is 48.1 Å². The minimum absolute atomic E-state index is 0.135. The summed E-state index contributed by atoms with van der Waals surface area (Å²) in [7, 11) is 1.61. The second-order valence-corrected chi connectivity index (χ2v) is 10.3. The first kappa shape index (κ1) is 27.0. The number of nitrogens with zero attached hydrogens (tertiary/aromatic N) is 1. The molecule has 0 unspecified atom stereocenters. The Morgan fingerprint density at radius 2 is 1.68 bits per heavy atom. The fourth-order valence-electron chi connectivity index (χ4n) is 4.77. The molecule has 3 aromatic carbocycles. The molecule has 3 aromatic rings. The van der Waals surface area contributed by atoms with Gasteiger partial charge in [-0.25, -0.2) is 0 Å². The summed E-state index contributed by atoms with van der Waals surface area (Å²) in [6.45, 7) is 0.195. The van der Waals surface area contributed by atoms with E-state index >= 15 is 0 Å². The van der Waals surface area contributed by atoms with E-state index in [2.05, 4.69) is 5.32 Å². The molecular formula is C30H32Cl2N2O3. The molecule has 0 spiro atoms. The molecule has 194 valence electrons. The lowest BCUT2D eigenvalue weighted by atomic mass is 10.0. The van der Waals surface area contributed by atoms with Crippen molar-refractivity contribution in [3.63, 3.8) is 0 Å². The molecule has 5 nitrogen and oxygen atoms in total. The number of carbonyl (C=O) groups is 2. The Balaban J connectivity index is 1.67. The van der Waals surface area contributed by atoms with E-state index in [-0.39, 0.29) is 30.8 Å². The average molecular weight is 540 g/mol. The Labute approximate surface area is 228 Å². The maximum Gasteiger partial charge on any atom is 0.243 e. The largest absolute Gasteiger partial charge is 0.497 e. The molecule has 1 aliphatic carbocycles. The van der Waals surface area contributed by atoms with Gasteiger partial charge in [0.25, 0.3) is 0 Å². The number of nitrogens with one attached hydrogen (secondary N) is 1. The summed E-state index contributed by atoms with van der Waals surface area (Å²) in [5.41, 5.74) is 2.56. The molecule has 0 saturated heterocycles. The summed E-state index contributed by atoms with van der Waals surface area (Å²) in [6.07, 6.45) is 4.69. The first-order chi connectivity index (χ1) is 17.9. The first-order valence-corrected chi connectivity index (χ1v) is 13.4. The van der Waals surface area contributed by atoms with Crippen molar-refractivity contribution in [2.45, 2.75) is 57.2 Å². The molecule has 1 atom stereocenters. The van der Waals surface area contributed by atoms with E-state index in [0.29, 0.717) is 16.5 Å². The highest BCUT2D eigenvalue weighted by Gasteiger charge is 2.32. The molecular weight excluding hydrogens is 507 g/mol. The minimum Gasteiger partial charge on any atom is -0.497 e. The normalized spacial score (nSPS) is 14.2. The van der Waals surface area contributed by atoms with Crippen molar-refractivity contribution in [3.05, 3.63) is 99.5 Å². The molecule has 1 saturated carbocycles. The second kappa shape index (κ2) is 13.0. The summed E-state index contributed by atoms with van der Waals surface area (Å²) >= 11 is 12.6. The molecule has 4 rings (SSSR count). The van der Waals surface area contributed by atoms with Crippen LogP contribution in [-0.2, 0) is 29.0 Å².